The first-order chi connectivity index (χ1) is 5.18. The van der Waals surface area contributed by atoms with Gasteiger partial charge < -0.3 is 5.11 Å². The van der Waals surface area contributed by atoms with Crippen LogP contribution >= 0.6 is 0 Å². The molecule has 0 unspecified atom stereocenters. The number of carbonyl (C=O) groups is 2. The Morgan fingerprint density at radius 3 is 2.36 bits per heavy atom. The Kier molecular flexibility index (Phi) is 2.63. The van der Waals surface area contributed by atoms with Crippen LogP contribution in [-0.4, -0.2) is 16.9 Å². The number of aliphatic carboxylic acids is 1. The maximum Gasteiger partial charge on any atom is 0.310 e. The van der Waals surface area contributed by atoms with Gasteiger partial charge in [-0.05, 0) is 5.92 Å². The van der Waals surface area contributed by atoms with Gasteiger partial charge in [0.05, 0.1) is 0 Å². The lowest BCUT2D eigenvalue weighted by Gasteiger charge is -2.23. The fraction of sp³-hybridized carbons (Fsp3) is 0.750. The van der Waals surface area contributed by atoms with Gasteiger partial charge in [-0.1, -0.05) is 19.3 Å². The highest BCUT2D eigenvalue weighted by molar-refractivity contribution is 5.94. The Hall–Kier alpha value is -0.860. The van der Waals surface area contributed by atoms with Crippen LogP contribution < -0.4 is 0 Å². The smallest absolute Gasteiger partial charge is 0.310 e. The zero-order valence-corrected chi connectivity index (χ0v) is 6.38. The van der Waals surface area contributed by atoms with Gasteiger partial charge in [-0.15, -0.1) is 0 Å². The molecule has 0 aromatic heterocycles. The minimum Gasteiger partial charge on any atom is -0.481 e. The van der Waals surface area contributed by atoms with Crippen LogP contribution in [0.2, 0.25) is 0 Å². The quantitative estimate of drug-likeness (QED) is 0.622. The molecule has 1 saturated carbocycles. The van der Waals surface area contributed by atoms with Gasteiger partial charge in [-0.3, -0.25) is 9.59 Å². The summed E-state index contributed by atoms with van der Waals surface area (Å²) in [6, 6.07) is 0. The van der Waals surface area contributed by atoms with Crippen molar-refractivity contribution in [1.82, 2.24) is 0 Å². The molecular weight excluding hydrogens is 144 g/mol. The van der Waals surface area contributed by atoms with Crippen molar-refractivity contribution in [3.63, 3.8) is 0 Å². The molecule has 0 amide bonds. The van der Waals surface area contributed by atoms with Gasteiger partial charge in [-0.2, -0.15) is 0 Å². The second kappa shape index (κ2) is 3.51. The largest absolute Gasteiger partial charge is 0.481 e. The SMILES string of the molecule is O=C(O)CC(=O)CC1CCC1. The molecule has 1 N–H and O–H groups in total. The predicted octanol–water partition coefficient (Wildman–Crippen LogP) is 1.22. The summed E-state index contributed by atoms with van der Waals surface area (Å²) in [5.41, 5.74) is 0. The predicted molar refractivity (Wildman–Crippen MR) is 39.2 cm³/mol. The summed E-state index contributed by atoms with van der Waals surface area (Å²) in [5, 5.41) is 8.27. The Labute approximate surface area is 65.4 Å². The van der Waals surface area contributed by atoms with Crippen molar-refractivity contribution in [1.29, 1.82) is 0 Å². The van der Waals surface area contributed by atoms with Gasteiger partial charge in [0, 0.05) is 6.42 Å². The molecule has 0 heterocycles. The van der Waals surface area contributed by atoms with Crippen LogP contribution in [0.5, 0.6) is 0 Å². The Bertz CT molecular complexity index is 170. The van der Waals surface area contributed by atoms with E-state index in [1.807, 2.05) is 0 Å². The zero-order chi connectivity index (χ0) is 8.27. The molecule has 1 aliphatic carbocycles. The van der Waals surface area contributed by atoms with Crippen molar-refractivity contribution < 1.29 is 14.7 Å². The second-order valence-corrected chi connectivity index (χ2v) is 3.11. The molecule has 0 radical (unpaired) electrons. The lowest BCUT2D eigenvalue weighted by molar-refractivity contribution is -0.140. The summed E-state index contributed by atoms with van der Waals surface area (Å²) in [6.07, 6.45) is 3.59. The van der Waals surface area contributed by atoms with Crippen LogP contribution in [0.4, 0.5) is 0 Å². The summed E-state index contributed by atoms with van der Waals surface area (Å²) in [5.74, 6) is -0.640. The molecule has 1 rings (SSSR count). The van der Waals surface area contributed by atoms with Crippen molar-refractivity contribution in [3.8, 4) is 0 Å². The number of hydrogen-bond acceptors (Lipinski definition) is 2. The second-order valence-electron chi connectivity index (χ2n) is 3.11. The van der Waals surface area contributed by atoms with Crippen LogP contribution in [0, 0.1) is 5.92 Å². The number of hydrogen-bond donors (Lipinski definition) is 1. The zero-order valence-electron chi connectivity index (χ0n) is 6.38. The molecular formula is C8H12O3. The summed E-state index contributed by atoms with van der Waals surface area (Å²) in [6.45, 7) is 0. The Morgan fingerprint density at radius 2 is 2.00 bits per heavy atom. The first-order valence-corrected chi connectivity index (χ1v) is 3.92. The van der Waals surface area contributed by atoms with E-state index in [2.05, 4.69) is 0 Å². The Balaban J connectivity index is 2.14. The van der Waals surface area contributed by atoms with E-state index in [1.54, 1.807) is 0 Å². The standard InChI is InChI=1S/C8H12O3/c9-7(5-8(10)11)4-6-2-1-3-6/h6H,1-5H2,(H,10,11). The number of ketones is 1. The molecule has 62 valence electrons. The first kappa shape index (κ1) is 8.24. The van der Waals surface area contributed by atoms with Gasteiger partial charge in [0.2, 0.25) is 0 Å². The van der Waals surface area contributed by atoms with E-state index in [0.29, 0.717) is 12.3 Å². The molecule has 3 heteroatoms. The van der Waals surface area contributed by atoms with Gasteiger partial charge in [0.25, 0.3) is 0 Å². The molecule has 0 spiro atoms. The fourth-order valence-corrected chi connectivity index (χ4v) is 1.26. The minimum absolute atomic E-state index is 0.123. The molecule has 0 atom stereocenters. The van der Waals surface area contributed by atoms with E-state index in [1.165, 1.54) is 6.42 Å². The van der Waals surface area contributed by atoms with Crippen LogP contribution in [0.1, 0.15) is 32.1 Å². The molecule has 1 fully saturated rings. The molecule has 1 aliphatic rings. The number of carboxylic acids is 1. The highest BCUT2D eigenvalue weighted by atomic mass is 16.4. The van der Waals surface area contributed by atoms with E-state index < -0.39 is 5.97 Å². The number of carbonyl (C=O) groups excluding carboxylic acids is 1. The lowest BCUT2D eigenvalue weighted by Crippen LogP contribution is -2.17. The van der Waals surface area contributed by atoms with Crippen LogP contribution in [0.15, 0.2) is 0 Å². The van der Waals surface area contributed by atoms with E-state index >= 15 is 0 Å². The number of rotatable bonds is 4. The average Bonchev–Trinajstić information content (AvgIpc) is 1.77. The van der Waals surface area contributed by atoms with Gasteiger partial charge in [0.1, 0.15) is 12.2 Å². The van der Waals surface area contributed by atoms with Crippen LogP contribution in [0.3, 0.4) is 0 Å². The average molecular weight is 156 g/mol. The van der Waals surface area contributed by atoms with E-state index in [-0.39, 0.29) is 12.2 Å². The third kappa shape index (κ3) is 2.70. The van der Waals surface area contributed by atoms with Crippen LogP contribution in [-0.2, 0) is 9.59 Å². The van der Waals surface area contributed by atoms with E-state index in [9.17, 15) is 9.59 Å². The van der Waals surface area contributed by atoms with E-state index in [0.717, 1.165) is 12.8 Å². The normalized spacial score (nSPS) is 17.5. The van der Waals surface area contributed by atoms with Crippen LogP contribution in [0.25, 0.3) is 0 Å². The van der Waals surface area contributed by atoms with Gasteiger partial charge in [-0.25, -0.2) is 0 Å². The lowest BCUT2D eigenvalue weighted by atomic mass is 9.81. The first-order valence-electron chi connectivity index (χ1n) is 3.92. The van der Waals surface area contributed by atoms with Crippen molar-refractivity contribution in [3.05, 3.63) is 0 Å². The summed E-state index contributed by atoms with van der Waals surface area (Å²) in [4.78, 5) is 21.0. The maximum absolute atomic E-state index is 10.9. The van der Waals surface area contributed by atoms with Crippen molar-refractivity contribution in [2.24, 2.45) is 5.92 Å². The van der Waals surface area contributed by atoms with E-state index in [4.69, 9.17) is 5.11 Å². The van der Waals surface area contributed by atoms with Crippen molar-refractivity contribution in [2.75, 3.05) is 0 Å². The molecule has 0 aliphatic heterocycles. The summed E-state index contributed by atoms with van der Waals surface area (Å²) < 4.78 is 0. The van der Waals surface area contributed by atoms with Crippen molar-refractivity contribution >= 4 is 11.8 Å². The Morgan fingerprint density at radius 1 is 1.36 bits per heavy atom. The summed E-state index contributed by atoms with van der Waals surface area (Å²) in [7, 11) is 0. The molecule has 11 heavy (non-hydrogen) atoms. The number of Topliss-reactive ketones (excluding diaryl/α,β-unsaturated/α-hetero) is 1. The highest BCUT2D eigenvalue weighted by Gasteiger charge is 2.21. The molecule has 0 saturated heterocycles. The topological polar surface area (TPSA) is 54.4 Å². The number of carboxylic acid groups (broad SMARTS) is 1. The summed E-state index contributed by atoms with van der Waals surface area (Å²) >= 11 is 0. The fourth-order valence-electron chi connectivity index (χ4n) is 1.26. The molecule has 0 aromatic rings. The van der Waals surface area contributed by atoms with Gasteiger partial charge >= 0.3 is 5.97 Å². The minimum atomic E-state index is -1.01. The van der Waals surface area contributed by atoms with Crippen molar-refractivity contribution in [2.45, 2.75) is 32.1 Å². The molecule has 0 aromatic carbocycles. The third-order valence-electron chi connectivity index (χ3n) is 2.09. The molecule has 3 nitrogen and oxygen atoms in total. The third-order valence-corrected chi connectivity index (χ3v) is 2.09. The molecule has 0 bridgehead atoms. The maximum atomic E-state index is 10.9. The highest BCUT2D eigenvalue weighted by Crippen LogP contribution is 2.29. The van der Waals surface area contributed by atoms with Gasteiger partial charge in [0.15, 0.2) is 0 Å². The monoisotopic (exact) mass is 156 g/mol.